The van der Waals surface area contributed by atoms with Gasteiger partial charge in [-0.15, -0.1) is 11.8 Å². The van der Waals surface area contributed by atoms with Crippen LogP contribution < -0.4 is 16.6 Å². The first-order valence-electron chi connectivity index (χ1n) is 3.93. The number of hydrogen-bond donors (Lipinski definition) is 3. The summed E-state index contributed by atoms with van der Waals surface area (Å²) in [6.45, 7) is 0. The second-order valence-corrected chi connectivity index (χ2v) is 4.03. The Bertz CT molecular complexity index is 290. The van der Waals surface area contributed by atoms with Crippen LogP contribution >= 0.6 is 11.8 Å². The van der Waals surface area contributed by atoms with E-state index in [9.17, 15) is 4.39 Å². The third-order valence-corrected chi connectivity index (χ3v) is 2.89. The minimum Gasteiger partial charge on any atom is -0.306 e. The topological polar surface area (TPSA) is 50.1 Å². The number of thioether (sulfide) groups is 1. The summed E-state index contributed by atoms with van der Waals surface area (Å²) in [5.41, 5.74) is 12.4. The molecule has 2 atom stereocenters. The number of nitrogens with two attached hydrogens (primary N) is 1. The highest BCUT2D eigenvalue weighted by molar-refractivity contribution is 8.00. The summed E-state index contributed by atoms with van der Waals surface area (Å²) in [6.07, 6.45) is 0. The maximum absolute atomic E-state index is 12.6. The molecule has 13 heavy (non-hydrogen) atoms. The largest absolute Gasteiger partial charge is 0.306 e. The standard InChI is InChI=1S/C8H10FN3S/c9-6-3-1-5(2-4-6)7-11-12-8(10)13-7/h1-4,7-8,11-12H,10H2. The van der Waals surface area contributed by atoms with Crippen molar-refractivity contribution in [2.45, 2.75) is 10.9 Å². The van der Waals surface area contributed by atoms with Gasteiger partial charge in [-0.3, -0.25) is 0 Å². The molecule has 1 aromatic carbocycles. The van der Waals surface area contributed by atoms with Gasteiger partial charge in [0.25, 0.3) is 0 Å². The van der Waals surface area contributed by atoms with Gasteiger partial charge in [0.15, 0.2) is 0 Å². The van der Waals surface area contributed by atoms with Gasteiger partial charge >= 0.3 is 0 Å². The fourth-order valence-electron chi connectivity index (χ4n) is 1.17. The molecule has 1 aliphatic heterocycles. The Morgan fingerprint density at radius 3 is 2.46 bits per heavy atom. The van der Waals surface area contributed by atoms with Crippen molar-refractivity contribution in [1.82, 2.24) is 10.9 Å². The highest BCUT2D eigenvalue weighted by atomic mass is 32.2. The van der Waals surface area contributed by atoms with Crippen LogP contribution in [0.15, 0.2) is 24.3 Å². The van der Waals surface area contributed by atoms with Crippen LogP contribution in [-0.4, -0.2) is 5.50 Å². The Hall–Kier alpha value is -0.620. The zero-order valence-corrected chi connectivity index (χ0v) is 7.64. The molecule has 0 bridgehead atoms. The summed E-state index contributed by atoms with van der Waals surface area (Å²) in [5.74, 6) is -0.219. The summed E-state index contributed by atoms with van der Waals surface area (Å²) in [7, 11) is 0. The van der Waals surface area contributed by atoms with Crippen molar-refractivity contribution in [2.24, 2.45) is 5.73 Å². The molecule has 2 rings (SSSR count). The minimum absolute atomic E-state index is 0.102. The van der Waals surface area contributed by atoms with E-state index in [1.807, 2.05) is 0 Å². The maximum Gasteiger partial charge on any atom is 0.123 e. The molecule has 1 fully saturated rings. The molecular weight excluding hydrogens is 189 g/mol. The number of nitrogens with one attached hydrogen (secondary N) is 2. The van der Waals surface area contributed by atoms with Gasteiger partial charge in [-0.1, -0.05) is 12.1 Å². The second kappa shape index (κ2) is 3.63. The molecule has 5 heteroatoms. The van der Waals surface area contributed by atoms with Crippen LogP contribution in [-0.2, 0) is 0 Å². The van der Waals surface area contributed by atoms with E-state index in [0.717, 1.165) is 5.56 Å². The lowest BCUT2D eigenvalue weighted by Crippen LogP contribution is -2.35. The molecule has 3 nitrogen and oxygen atoms in total. The summed E-state index contributed by atoms with van der Waals surface area (Å²) in [6, 6.07) is 6.39. The Labute approximate surface area is 79.9 Å². The average Bonchev–Trinajstić information content (AvgIpc) is 2.53. The van der Waals surface area contributed by atoms with Crippen molar-refractivity contribution in [1.29, 1.82) is 0 Å². The van der Waals surface area contributed by atoms with Gasteiger partial charge in [0, 0.05) is 0 Å². The van der Waals surface area contributed by atoms with Crippen LogP contribution in [0.25, 0.3) is 0 Å². The van der Waals surface area contributed by atoms with E-state index < -0.39 is 0 Å². The molecule has 0 saturated carbocycles. The fourth-order valence-corrected chi connectivity index (χ4v) is 2.05. The molecule has 1 aromatic rings. The SMILES string of the molecule is NC1NNC(c2ccc(F)cc2)S1. The molecular formula is C8H10FN3S. The van der Waals surface area contributed by atoms with Gasteiger partial charge in [0.05, 0.1) is 5.37 Å². The fraction of sp³-hybridized carbons (Fsp3) is 0.250. The summed E-state index contributed by atoms with van der Waals surface area (Å²) >= 11 is 1.56. The zero-order valence-electron chi connectivity index (χ0n) is 6.83. The van der Waals surface area contributed by atoms with Crippen molar-refractivity contribution in [3.05, 3.63) is 35.6 Å². The van der Waals surface area contributed by atoms with Gasteiger partial charge in [-0.2, -0.15) is 0 Å². The van der Waals surface area contributed by atoms with Crippen molar-refractivity contribution in [3.63, 3.8) is 0 Å². The number of hydrogen-bond acceptors (Lipinski definition) is 4. The number of rotatable bonds is 1. The van der Waals surface area contributed by atoms with Gasteiger partial charge in [-0.05, 0) is 17.7 Å². The molecule has 0 amide bonds. The van der Waals surface area contributed by atoms with Gasteiger partial charge in [-0.25, -0.2) is 15.2 Å². The van der Waals surface area contributed by atoms with E-state index in [1.165, 1.54) is 12.1 Å². The Morgan fingerprint density at radius 2 is 1.92 bits per heavy atom. The third kappa shape index (κ3) is 2.00. The highest BCUT2D eigenvalue weighted by Crippen LogP contribution is 2.30. The van der Waals surface area contributed by atoms with E-state index in [4.69, 9.17) is 5.73 Å². The molecule has 70 valence electrons. The summed E-state index contributed by atoms with van der Waals surface area (Å²) in [4.78, 5) is 0. The molecule has 0 radical (unpaired) electrons. The lowest BCUT2D eigenvalue weighted by atomic mass is 10.2. The average molecular weight is 199 g/mol. The molecule has 1 saturated heterocycles. The first-order chi connectivity index (χ1) is 6.25. The molecule has 0 aliphatic carbocycles. The van der Waals surface area contributed by atoms with Crippen molar-refractivity contribution in [3.8, 4) is 0 Å². The summed E-state index contributed by atoms with van der Waals surface area (Å²) in [5, 5.41) is 0.107. The first-order valence-corrected chi connectivity index (χ1v) is 4.87. The monoisotopic (exact) mass is 199 g/mol. The Kier molecular flexibility index (Phi) is 2.50. The third-order valence-electron chi connectivity index (χ3n) is 1.81. The quantitative estimate of drug-likeness (QED) is 0.629. The predicted molar refractivity (Wildman–Crippen MR) is 51.0 cm³/mol. The highest BCUT2D eigenvalue weighted by Gasteiger charge is 2.22. The molecule has 1 aliphatic rings. The molecule has 0 aromatic heterocycles. The van der Waals surface area contributed by atoms with Gasteiger partial charge in [0.2, 0.25) is 0 Å². The first kappa shape index (κ1) is 8.96. The van der Waals surface area contributed by atoms with Gasteiger partial charge < -0.3 is 5.73 Å². The van der Waals surface area contributed by atoms with Crippen LogP contribution in [0.4, 0.5) is 4.39 Å². The minimum atomic E-state index is -0.219. The smallest absolute Gasteiger partial charge is 0.123 e. The predicted octanol–water partition coefficient (Wildman–Crippen LogP) is 0.908. The number of benzene rings is 1. The van der Waals surface area contributed by atoms with Crippen LogP contribution in [0.3, 0.4) is 0 Å². The zero-order chi connectivity index (χ0) is 9.26. The second-order valence-electron chi connectivity index (χ2n) is 2.78. The lowest BCUT2D eigenvalue weighted by Gasteiger charge is -2.07. The molecule has 2 unspecified atom stereocenters. The Morgan fingerprint density at radius 1 is 1.23 bits per heavy atom. The van der Waals surface area contributed by atoms with E-state index in [1.54, 1.807) is 23.9 Å². The number of hydrazine groups is 1. The molecule has 1 heterocycles. The van der Waals surface area contributed by atoms with Crippen LogP contribution in [0.1, 0.15) is 10.9 Å². The maximum atomic E-state index is 12.6. The van der Waals surface area contributed by atoms with Crippen molar-refractivity contribution < 1.29 is 4.39 Å². The molecule has 4 N–H and O–H groups in total. The van der Waals surface area contributed by atoms with E-state index in [2.05, 4.69) is 10.9 Å². The van der Waals surface area contributed by atoms with E-state index >= 15 is 0 Å². The normalized spacial score (nSPS) is 27.8. The lowest BCUT2D eigenvalue weighted by molar-refractivity contribution is 0.551. The molecule has 0 spiro atoms. The van der Waals surface area contributed by atoms with Crippen molar-refractivity contribution in [2.75, 3.05) is 0 Å². The van der Waals surface area contributed by atoms with Crippen LogP contribution in [0.5, 0.6) is 0 Å². The van der Waals surface area contributed by atoms with Gasteiger partial charge in [0.1, 0.15) is 11.3 Å². The van der Waals surface area contributed by atoms with Crippen LogP contribution in [0.2, 0.25) is 0 Å². The summed E-state index contributed by atoms with van der Waals surface area (Å²) < 4.78 is 12.6. The van der Waals surface area contributed by atoms with Crippen LogP contribution in [0, 0.1) is 5.82 Å². The van der Waals surface area contributed by atoms with E-state index in [0.29, 0.717) is 0 Å². The number of halogens is 1. The Balaban J connectivity index is 2.13. The van der Waals surface area contributed by atoms with E-state index in [-0.39, 0.29) is 16.7 Å². The van der Waals surface area contributed by atoms with Crippen molar-refractivity contribution >= 4 is 11.8 Å².